The van der Waals surface area contributed by atoms with Crippen LogP contribution in [0.2, 0.25) is 0 Å². The Bertz CT molecular complexity index is 318. The van der Waals surface area contributed by atoms with Crippen LogP contribution in [-0.4, -0.2) is 25.8 Å². The predicted octanol–water partition coefficient (Wildman–Crippen LogP) is 0.222. The third-order valence-corrected chi connectivity index (χ3v) is 2.56. The molecule has 0 amide bonds. The highest BCUT2D eigenvalue weighted by Crippen LogP contribution is 2.31. The van der Waals surface area contributed by atoms with Gasteiger partial charge in [-0.1, -0.05) is 6.07 Å². The summed E-state index contributed by atoms with van der Waals surface area (Å²) in [5, 5.41) is 18.2. The monoisotopic (exact) mass is 217 g/mol. The lowest BCUT2D eigenvalue weighted by molar-refractivity contribution is 0.403. The van der Waals surface area contributed by atoms with Crippen LogP contribution in [0.1, 0.15) is 5.56 Å². The van der Waals surface area contributed by atoms with Crippen LogP contribution in [0.15, 0.2) is 18.2 Å². The number of phenols is 2. The Morgan fingerprint density at radius 1 is 1.21 bits per heavy atom. The summed E-state index contributed by atoms with van der Waals surface area (Å²) in [6.45, 7) is 0. The van der Waals surface area contributed by atoms with E-state index in [9.17, 15) is 0 Å². The van der Waals surface area contributed by atoms with Gasteiger partial charge in [0.2, 0.25) is 0 Å². The Hall–Kier alpha value is -0.870. The smallest absolute Gasteiger partial charge is 0.183 e. The minimum absolute atomic E-state index is 0.211. The summed E-state index contributed by atoms with van der Waals surface area (Å²) in [7, 11) is -2.17. The fraction of sp³-hybridized carbons (Fsp3) is 0.250. The Balaban J connectivity index is 2.73. The van der Waals surface area contributed by atoms with E-state index >= 15 is 0 Å². The van der Waals surface area contributed by atoms with Gasteiger partial charge in [-0.25, -0.2) is 0 Å². The molecule has 14 heavy (non-hydrogen) atoms. The topological polar surface area (TPSA) is 107 Å². The third kappa shape index (κ3) is 2.82. The van der Waals surface area contributed by atoms with Crippen LogP contribution in [-0.2, 0) is 6.42 Å². The highest BCUT2D eigenvalue weighted by atomic mass is 31.2. The van der Waals surface area contributed by atoms with Gasteiger partial charge in [0, 0.05) is 0 Å². The van der Waals surface area contributed by atoms with Gasteiger partial charge in [0.15, 0.2) is 19.9 Å². The SMILES string of the molecule is NC(Cc1ccc(O)c(O)c1)P(O)O. The molecule has 0 aromatic heterocycles. The van der Waals surface area contributed by atoms with Crippen LogP contribution in [0.4, 0.5) is 0 Å². The van der Waals surface area contributed by atoms with Crippen LogP contribution in [0.5, 0.6) is 11.5 Å². The maximum Gasteiger partial charge on any atom is 0.183 e. The maximum absolute atomic E-state index is 9.14. The summed E-state index contributed by atoms with van der Waals surface area (Å²) >= 11 is 0. The minimum Gasteiger partial charge on any atom is -0.504 e. The van der Waals surface area contributed by atoms with Crippen molar-refractivity contribution in [1.29, 1.82) is 0 Å². The van der Waals surface area contributed by atoms with Crippen molar-refractivity contribution in [3.63, 3.8) is 0 Å². The fourth-order valence-electron chi connectivity index (χ4n) is 1.02. The fourth-order valence-corrected chi connectivity index (χ4v) is 1.39. The van der Waals surface area contributed by atoms with Crippen LogP contribution in [0.25, 0.3) is 0 Å². The molecule has 0 saturated carbocycles. The molecule has 0 aliphatic rings. The molecule has 6 heteroatoms. The first kappa shape index (κ1) is 11.2. The maximum atomic E-state index is 9.14. The zero-order chi connectivity index (χ0) is 10.7. The van der Waals surface area contributed by atoms with Crippen molar-refractivity contribution in [3.05, 3.63) is 23.8 Å². The van der Waals surface area contributed by atoms with E-state index in [1.807, 2.05) is 0 Å². The first-order valence-electron chi connectivity index (χ1n) is 3.94. The van der Waals surface area contributed by atoms with Crippen molar-refractivity contribution in [1.82, 2.24) is 0 Å². The van der Waals surface area contributed by atoms with Gasteiger partial charge in [-0.05, 0) is 24.1 Å². The molecule has 1 rings (SSSR count). The van der Waals surface area contributed by atoms with Gasteiger partial charge in [-0.3, -0.25) is 0 Å². The summed E-state index contributed by atoms with van der Waals surface area (Å²) in [6, 6.07) is 4.23. The van der Waals surface area contributed by atoms with E-state index in [4.69, 9.17) is 25.7 Å². The van der Waals surface area contributed by atoms with E-state index in [2.05, 4.69) is 0 Å². The second-order valence-corrected chi connectivity index (χ2v) is 4.22. The summed E-state index contributed by atoms with van der Waals surface area (Å²) in [6.07, 6.45) is 0.243. The molecule has 6 N–H and O–H groups in total. The minimum atomic E-state index is -2.17. The number of hydrogen-bond acceptors (Lipinski definition) is 5. The van der Waals surface area contributed by atoms with Crippen LogP contribution in [0.3, 0.4) is 0 Å². The van der Waals surface area contributed by atoms with Crippen molar-refractivity contribution in [2.75, 3.05) is 0 Å². The molecule has 0 fully saturated rings. The molecule has 0 radical (unpaired) electrons. The van der Waals surface area contributed by atoms with Crippen LogP contribution >= 0.6 is 8.38 Å². The molecule has 0 saturated heterocycles. The molecule has 0 aliphatic heterocycles. The molecule has 0 bridgehead atoms. The number of rotatable bonds is 3. The highest BCUT2D eigenvalue weighted by molar-refractivity contribution is 7.45. The van der Waals surface area contributed by atoms with Crippen molar-refractivity contribution < 1.29 is 20.0 Å². The Kier molecular flexibility index (Phi) is 3.66. The summed E-state index contributed by atoms with van der Waals surface area (Å²) in [5.74, 6) is -1.19. The second kappa shape index (κ2) is 4.57. The van der Waals surface area contributed by atoms with Crippen molar-refractivity contribution in [2.24, 2.45) is 5.73 Å². The van der Waals surface area contributed by atoms with Crippen molar-refractivity contribution in [3.8, 4) is 11.5 Å². The van der Waals surface area contributed by atoms with E-state index in [-0.39, 0.29) is 17.9 Å². The van der Waals surface area contributed by atoms with Gasteiger partial charge in [-0.15, -0.1) is 0 Å². The first-order chi connectivity index (χ1) is 6.50. The summed E-state index contributed by atoms with van der Waals surface area (Å²) in [4.78, 5) is 17.6. The Morgan fingerprint density at radius 2 is 1.86 bits per heavy atom. The molecular formula is C8H12NO4P. The lowest BCUT2D eigenvalue weighted by atomic mass is 10.1. The van der Waals surface area contributed by atoms with Gasteiger partial charge < -0.3 is 25.7 Å². The zero-order valence-corrected chi connectivity index (χ0v) is 8.22. The predicted molar refractivity (Wildman–Crippen MR) is 52.8 cm³/mol. The van der Waals surface area contributed by atoms with Crippen LogP contribution < -0.4 is 5.73 Å². The molecule has 1 aromatic carbocycles. The number of aromatic hydroxyl groups is 2. The average molecular weight is 217 g/mol. The van der Waals surface area contributed by atoms with Gasteiger partial charge in [0.25, 0.3) is 0 Å². The van der Waals surface area contributed by atoms with E-state index in [1.165, 1.54) is 12.1 Å². The van der Waals surface area contributed by atoms with Gasteiger partial charge in [-0.2, -0.15) is 0 Å². The zero-order valence-electron chi connectivity index (χ0n) is 7.33. The molecular weight excluding hydrogens is 205 g/mol. The summed E-state index contributed by atoms with van der Waals surface area (Å²) < 4.78 is 0. The number of hydrogen-bond donors (Lipinski definition) is 5. The Labute approximate surface area is 82.4 Å². The molecule has 0 heterocycles. The van der Waals surface area contributed by atoms with E-state index < -0.39 is 14.2 Å². The number of benzene rings is 1. The lowest BCUT2D eigenvalue weighted by Crippen LogP contribution is -2.20. The third-order valence-electron chi connectivity index (χ3n) is 1.78. The lowest BCUT2D eigenvalue weighted by Gasteiger charge is -2.12. The average Bonchev–Trinajstić information content (AvgIpc) is 2.11. The van der Waals surface area contributed by atoms with E-state index in [0.29, 0.717) is 5.56 Å². The summed E-state index contributed by atoms with van der Waals surface area (Å²) in [5.41, 5.74) is 6.06. The van der Waals surface area contributed by atoms with Gasteiger partial charge in [0.05, 0.1) is 5.78 Å². The second-order valence-electron chi connectivity index (χ2n) is 2.91. The number of phenolic OH excluding ortho intramolecular Hbond substituents is 2. The van der Waals surface area contributed by atoms with Crippen molar-refractivity contribution >= 4 is 8.38 Å². The molecule has 0 aliphatic carbocycles. The molecule has 0 spiro atoms. The number of nitrogens with two attached hydrogens (primary N) is 1. The highest BCUT2D eigenvalue weighted by Gasteiger charge is 2.13. The van der Waals surface area contributed by atoms with E-state index in [0.717, 1.165) is 0 Å². The van der Waals surface area contributed by atoms with Crippen molar-refractivity contribution in [2.45, 2.75) is 12.2 Å². The molecule has 1 atom stereocenters. The quantitative estimate of drug-likeness (QED) is 0.368. The van der Waals surface area contributed by atoms with E-state index in [1.54, 1.807) is 6.07 Å². The van der Waals surface area contributed by atoms with Gasteiger partial charge in [0.1, 0.15) is 0 Å². The van der Waals surface area contributed by atoms with Gasteiger partial charge >= 0.3 is 0 Å². The largest absolute Gasteiger partial charge is 0.504 e. The molecule has 1 unspecified atom stereocenters. The molecule has 78 valence electrons. The normalized spacial score (nSPS) is 13.1. The standard InChI is InChI=1S/C8H12NO4P/c9-8(14(12)13)4-5-1-2-6(10)7(11)3-5/h1-3,8,10-13H,4,9H2. The Morgan fingerprint density at radius 3 is 2.36 bits per heavy atom. The molecule has 5 nitrogen and oxygen atoms in total. The first-order valence-corrected chi connectivity index (χ1v) is 5.25. The molecule has 1 aromatic rings. The van der Waals surface area contributed by atoms with Crippen LogP contribution in [0, 0.1) is 0 Å².